The molecule has 1 aromatic rings. The first kappa shape index (κ1) is 17.1. The van der Waals surface area contributed by atoms with E-state index in [-0.39, 0.29) is 28.9 Å². The van der Waals surface area contributed by atoms with Crippen molar-refractivity contribution in [3.8, 4) is 0 Å². The Morgan fingerprint density at radius 2 is 1.92 bits per heavy atom. The van der Waals surface area contributed by atoms with Gasteiger partial charge in [0, 0.05) is 19.6 Å². The number of aryl methyl sites for hydroxylation is 2. The summed E-state index contributed by atoms with van der Waals surface area (Å²) in [6.07, 6.45) is 3.71. The number of hydrogen-bond acceptors (Lipinski definition) is 2. The van der Waals surface area contributed by atoms with Crippen LogP contribution in [-0.2, 0) is 9.53 Å². The van der Waals surface area contributed by atoms with Crippen LogP contribution in [0.3, 0.4) is 0 Å². The lowest BCUT2D eigenvalue weighted by Crippen LogP contribution is -2.58. The molecule has 1 unspecified atom stereocenters. The van der Waals surface area contributed by atoms with E-state index >= 15 is 0 Å². The summed E-state index contributed by atoms with van der Waals surface area (Å²) >= 11 is 0. The smallest absolute Gasteiger partial charge is 0.217 e. The number of amides is 1. The van der Waals surface area contributed by atoms with E-state index in [1.54, 1.807) is 6.92 Å². The molecule has 2 bridgehead atoms. The van der Waals surface area contributed by atoms with Crippen molar-refractivity contribution in [2.24, 2.45) is 22.7 Å². The van der Waals surface area contributed by atoms with Gasteiger partial charge in [-0.1, -0.05) is 32.0 Å². The van der Waals surface area contributed by atoms with Crippen molar-refractivity contribution in [1.29, 1.82) is 0 Å². The number of hydrogen-bond donors (Lipinski definition) is 1. The Hall–Kier alpha value is -1.35. The van der Waals surface area contributed by atoms with Crippen LogP contribution in [0.2, 0.25) is 0 Å². The van der Waals surface area contributed by atoms with Crippen molar-refractivity contribution in [2.75, 3.05) is 6.61 Å². The molecule has 1 N–H and O–H groups in total. The zero-order valence-electron chi connectivity index (χ0n) is 16.2. The van der Waals surface area contributed by atoms with Gasteiger partial charge in [0.1, 0.15) is 0 Å². The number of carbonyl (C=O) groups is 1. The summed E-state index contributed by atoms with van der Waals surface area (Å²) in [5.41, 5.74) is 4.42. The maximum absolute atomic E-state index is 12.0. The Morgan fingerprint density at radius 1 is 1.24 bits per heavy atom. The lowest BCUT2D eigenvalue weighted by atomic mass is 9.58. The molecular formula is C22H31NO2. The van der Waals surface area contributed by atoms with Crippen LogP contribution in [0.1, 0.15) is 62.8 Å². The zero-order valence-corrected chi connectivity index (χ0v) is 16.2. The van der Waals surface area contributed by atoms with Crippen LogP contribution in [0, 0.1) is 36.5 Å². The Bertz CT molecular complexity index is 690. The monoisotopic (exact) mass is 341 g/mol. The molecule has 1 spiro atoms. The molecule has 3 fully saturated rings. The molecule has 0 aromatic heterocycles. The molecule has 136 valence electrons. The van der Waals surface area contributed by atoms with Crippen LogP contribution in [0.4, 0.5) is 0 Å². The van der Waals surface area contributed by atoms with Gasteiger partial charge in [0.25, 0.3) is 0 Å². The van der Waals surface area contributed by atoms with Gasteiger partial charge in [-0.2, -0.15) is 0 Å². The maximum atomic E-state index is 12.0. The molecule has 4 rings (SSSR count). The van der Waals surface area contributed by atoms with Crippen LogP contribution in [0.5, 0.6) is 0 Å². The van der Waals surface area contributed by atoms with Crippen molar-refractivity contribution in [3.63, 3.8) is 0 Å². The molecule has 5 atom stereocenters. The van der Waals surface area contributed by atoms with Crippen molar-refractivity contribution < 1.29 is 9.53 Å². The van der Waals surface area contributed by atoms with Gasteiger partial charge in [-0.05, 0) is 72.5 Å². The van der Waals surface area contributed by atoms with Gasteiger partial charge < -0.3 is 10.1 Å². The van der Waals surface area contributed by atoms with Crippen molar-refractivity contribution in [2.45, 2.75) is 66.0 Å². The highest BCUT2D eigenvalue weighted by molar-refractivity contribution is 5.73. The Labute approximate surface area is 151 Å². The average molecular weight is 341 g/mol. The van der Waals surface area contributed by atoms with E-state index in [0.717, 1.165) is 13.0 Å². The van der Waals surface area contributed by atoms with Crippen molar-refractivity contribution >= 4 is 5.91 Å². The normalized spacial score (nSPS) is 38.4. The first-order valence-electron chi connectivity index (χ1n) is 9.72. The fraction of sp³-hybridized carbons (Fsp3) is 0.682. The quantitative estimate of drug-likeness (QED) is 0.870. The molecule has 2 saturated carbocycles. The Balaban J connectivity index is 1.76. The summed E-state index contributed by atoms with van der Waals surface area (Å²) in [4.78, 5) is 12.0. The molecule has 3 aliphatic rings. The molecule has 0 radical (unpaired) electrons. The second-order valence-corrected chi connectivity index (χ2v) is 9.28. The molecule has 1 aliphatic heterocycles. The fourth-order valence-electron chi connectivity index (χ4n) is 6.55. The van der Waals surface area contributed by atoms with E-state index in [4.69, 9.17) is 4.74 Å². The average Bonchev–Trinajstić information content (AvgIpc) is 3.01. The number of fused-ring (bicyclic) bond motifs is 1. The lowest BCUT2D eigenvalue weighted by molar-refractivity contribution is -0.136. The minimum Gasteiger partial charge on any atom is -0.373 e. The fourth-order valence-corrected chi connectivity index (χ4v) is 6.55. The van der Waals surface area contributed by atoms with Gasteiger partial charge in [-0.25, -0.2) is 0 Å². The Morgan fingerprint density at radius 3 is 2.56 bits per heavy atom. The molecule has 25 heavy (non-hydrogen) atoms. The van der Waals surface area contributed by atoms with Crippen LogP contribution in [-0.4, -0.2) is 18.6 Å². The van der Waals surface area contributed by atoms with Gasteiger partial charge in [-0.15, -0.1) is 0 Å². The number of benzene rings is 1. The maximum Gasteiger partial charge on any atom is 0.217 e. The predicted molar refractivity (Wildman–Crippen MR) is 99.3 cm³/mol. The summed E-state index contributed by atoms with van der Waals surface area (Å²) in [5, 5.41) is 3.36. The number of carbonyl (C=O) groups excluding carboxylic acids is 1. The van der Waals surface area contributed by atoms with Crippen LogP contribution in [0.15, 0.2) is 18.2 Å². The van der Waals surface area contributed by atoms with Crippen molar-refractivity contribution in [3.05, 3.63) is 34.9 Å². The summed E-state index contributed by atoms with van der Waals surface area (Å²) in [5.74, 6) is 1.28. The number of nitrogens with one attached hydrogen (secondary N) is 1. The van der Waals surface area contributed by atoms with E-state index in [1.165, 1.54) is 29.5 Å². The summed E-state index contributed by atoms with van der Waals surface area (Å²) in [6.45, 7) is 11.6. The summed E-state index contributed by atoms with van der Waals surface area (Å²) in [6, 6.07) is 6.80. The number of rotatable bonds is 2. The van der Waals surface area contributed by atoms with E-state index in [2.05, 4.69) is 51.2 Å². The first-order valence-corrected chi connectivity index (χ1v) is 9.72. The molecular weight excluding hydrogens is 310 g/mol. The van der Waals surface area contributed by atoms with E-state index in [9.17, 15) is 4.79 Å². The third-order valence-corrected chi connectivity index (χ3v) is 7.68. The minimum atomic E-state index is 0.105. The van der Waals surface area contributed by atoms with Crippen molar-refractivity contribution in [1.82, 2.24) is 5.32 Å². The van der Waals surface area contributed by atoms with Crippen LogP contribution < -0.4 is 5.32 Å². The van der Waals surface area contributed by atoms with Gasteiger partial charge in [0.2, 0.25) is 5.91 Å². The molecule has 2 aliphatic carbocycles. The molecule has 1 aromatic carbocycles. The second kappa shape index (κ2) is 5.57. The van der Waals surface area contributed by atoms with Crippen LogP contribution >= 0.6 is 0 Å². The van der Waals surface area contributed by atoms with Gasteiger partial charge >= 0.3 is 0 Å². The highest BCUT2D eigenvalue weighted by Crippen LogP contribution is 2.70. The van der Waals surface area contributed by atoms with E-state index in [0.29, 0.717) is 11.8 Å². The third-order valence-electron chi connectivity index (χ3n) is 7.68. The van der Waals surface area contributed by atoms with Gasteiger partial charge in [0.05, 0.1) is 6.10 Å². The minimum absolute atomic E-state index is 0.105. The molecule has 3 nitrogen and oxygen atoms in total. The largest absolute Gasteiger partial charge is 0.373 e. The predicted octanol–water partition coefficient (Wildman–Crippen LogP) is 4.32. The SMILES string of the molecule is CC(=O)N[C@H]1C(C)(C)[C@@H]2C[C@@H]3[C@@H](c4c(C)cccc4C)OCCC31C2. The molecule has 1 saturated heterocycles. The van der Waals surface area contributed by atoms with Gasteiger partial charge in [-0.3, -0.25) is 4.79 Å². The Kier molecular flexibility index (Phi) is 3.81. The standard InChI is InChI=1S/C22H31NO2/c1-13-7-6-8-14(2)18(13)19-17-11-16-12-22(17,9-10-25-19)20(21(16,4)5)23-15(3)24/h6-8,16-17,19-20H,9-12H2,1-5H3,(H,23,24)/t16-,17-,19+,20+,22?/m1/s1. The molecule has 3 heteroatoms. The van der Waals surface area contributed by atoms with E-state index < -0.39 is 0 Å². The summed E-state index contributed by atoms with van der Waals surface area (Å²) in [7, 11) is 0. The molecule has 1 heterocycles. The zero-order chi connectivity index (χ0) is 18.0. The first-order chi connectivity index (χ1) is 11.8. The summed E-state index contributed by atoms with van der Waals surface area (Å²) < 4.78 is 6.40. The highest BCUT2D eigenvalue weighted by atomic mass is 16.5. The van der Waals surface area contributed by atoms with E-state index in [1.807, 2.05) is 0 Å². The number of ether oxygens (including phenoxy) is 1. The van der Waals surface area contributed by atoms with Gasteiger partial charge in [0.15, 0.2) is 0 Å². The lowest BCUT2D eigenvalue weighted by Gasteiger charge is -2.53. The topological polar surface area (TPSA) is 38.3 Å². The second-order valence-electron chi connectivity index (χ2n) is 9.28. The van der Waals surface area contributed by atoms with Crippen LogP contribution in [0.25, 0.3) is 0 Å². The third kappa shape index (κ3) is 2.31. The highest BCUT2D eigenvalue weighted by Gasteiger charge is 2.68. The molecule has 1 amide bonds.